The van der Waals surface area contributed by atoms with Crippen LogP contribution in [0.4, 0.5) is 19.0 Å². The molecule has 2 aromatic rings. The van der Waals surface area contributed by atoms with Crippen molar-refractivity contribution in [3.05, 3.63) is 28.2 Å². The highest BCUT2D eigenvalue weighted by molar-refractivity contribution is 6.34. The summed E-state index contributed by atoms with van der Waals surface area (Å²) in [6.07, 6.45) is -4.74. The van der Waals surface area contributed by atoms with Crippen molar-refractivity contribution in [3.63, 3.8) is 0 Å². The molecule has 0 aliphatic rings. The first kappa shape index (κ1) is 14.4. The molecule has 0 bridgehead atoms. The molecule has 2 rings (SSSR count). The zero-order valence-corrected chi connectivity index (χ0v) is 11.0. The summed E-state index contributed by atoms with van der Waals surface area (Å²) >= 11 is 5.57. The van der Waals surface area contributed by atoms with Gasteiger partial charge in [0, 0.05) is 13.1 Å². The minimum absolute atomic E-state index is 0.0679. The molecule has 1 amide bonds. The maximum atomic E-state index is 12.6. The lowest BCUT2D eigenvalue weighted by molar-refractivity contribution is -0.141. The molecule has 0 aliphatic heterocycles. The van der Waals surface area contributed by atoms with Crippen LogP contribution >= 0.6 is 11.6 Å². The highest BCUT2D eigenvalue weighted by atomic mass is 35.5. The summed E-state index contributed by atoms with van der Waals surface area (Å²) in [4.78, 5) is 11.9. The lowest BCUT2D eigenvalue weighted by Gasteiger charge is -2.02. The third kappa shape index (κ3) is 2.62. The highest BCUT2D eigenvalue weighted by Crippen LogP contribution is 2.35. The number of amides is 1. The number of halogens is 4. The van der Waals surface area contributed by atoms with Crippen LogP contribution in [-0.2, 0) is 13.2 Å². The van der Waals surface area contributed by atoms with Gasteiger partial charge in [-0.25, -0.2) is 0 Å². The van der Waals surface area contributed by atoms with Crippen LogP contribution in [-0.4, -0.2) is 20.8 Å². The van der Waals surface area contributed by atoms with Gasteiger partial charge in [-0.3, -0.25) is 9.48 Å². The Bertz CT molecular complexity index is 662. The fourth-order valence-electron chi connectivity index (χ4n) is 1.53. The van der Waals surface area contributed by atoms with Gasteiger partial charge in [0.05, 0.1) is 0 Å². The number of nitrogens with zero attached hydrogens (tertiary/aromatic N) is 3. The molecule has 2 aromatic heterocycles. The Labute approximate surface area is 115 Å². The van der Waals surface area contributed by atoms with E-state index < -0.39 is 28.5 Å². The first-order chi connectivity index (χ1) is 9.20. The molecule has 0 aliphatic carbocycles. The van der Waals surface area contributed by atoms with E-state index in [9.17, 15) is 18.0 Å². The van der Waals surface area contributed by atoms with Crippen LogP contribution in [0, 0.1) is 6.92 Å². The van der Waals surface area contributed by atoms with Crippen LogP contribution < -0.4 is 5.32 Å². The SMILES string of the molecule is Cc1cc(NC(=O)c2c(Cl)c(C(F)(F)F)nn2C)no1. The number of nitrogens with one attached hydrogen (secondary N) is 1. The standard InChI is InChI=1S/C10H8ClF3N4O2/c1-4-3-5(17-20-4)15-9(19)7-6(11)8(10(12,13)14)16-18(7)2/h3H,1-2H3,(H,15,17,19). The Kier molecular flexibility index (Phi) is 3.46. The average molecular weight is 309 g/mol. The number of hydrogen-bond acceptors (Lipinski definition) is 4. The van der Waals surface area contributed by atoms with E-state index in [1.165, 1.54) is 13.1 Å². The molecule has 108 valence electrons. The van der Waals surface area contributed by atoms with E-state index in [0.29, 0.717) is 5.76 Å². The van der Waals surface area contributed by atoms with E-state index in [1.807, 2.05) is 0 Å². The highest BCUT2D eigenvalue weighted by Gasteiger charge is 2.39. The summed E-state index contributed by atoms with van der Waals surface area (Å²) in [7, 11) is 1.18. The van der Waals surface area contributed by atoms with Crippen LogP contribution in [0.25, 0.3) is 0 Å². The number of hydrogen-bond donors (Lipinski definition) is 1. The van der Waals surface area contributed by atoms with E-state index in [1.54, 1.807) is 6.92 Å². The quantitative estimate of drug-likeness (QED) is 0.925. The lowest BCUT2D eigenvalue weighted by atomic mass is 10.3. The van der Waals surface area contributed by atoms with Gasteiger partial charge >= 0.3 is 6.18 Å². The zero-order valence-electron chi connectivity index (χ0n) is 10.2. The fourth-order valence-corrected chi connectivity index (χ4v) is 1.88. The smallest absolute Gasteiger partial charge is 0.360 e. The number of aryl methyl sites for hydroxylation is 2. The number of carbonyl (C=O) groups is 1. The van der Waals surface area contributed by atoms with Crippen LogP contribution in [0.15, 0.2) is 10.6 Å². The maximum absolute atomic E-state index is 12.6. The van der Waals surface area contributed by atoms with Gasteiger partial charge in [0.15, 0.2) is 11.5 Å². The van der Waals surface area contributed by atoms with Crippen LogP contribution in [0.1, 0.15) is 21.9 Å². The molecule has 0 spiro atoms. The van der Waals surface area contributed by atoms with Gasteiger partial charge in [0.25, 0.3) is 5.91 Å². The molecule has 6 nitrogen and oxygen atoms in total. The van der Waals surface area contributed by atoms with Crippen molar-refractivity contribution < 1.29 is 22.5 Å². The van der Waals surface area contributed by atoms with Crippen molar-refractivity contribution in [2.75, 3.05) is 5.32 Å². The second-order valence-corrected chi connectivity index (χ2v) is 4.29. The summed E-state index contributed by atoms with van der Waals surface area (Å²) < 4.78 is 43.3. The second kappa shape index (κ2) is 4.82. The summed E-state index contributed by atoms with van der Waals surface area (Å²) in [5, 5.41) is 8.20. The lowest BCUT2D eigenvalue weighted by Crippen LogP contribution is -2.16. The van der Waals surface area contributed by atoms with Crippen molar-refractivity contribution in [1.82, 2.24) is 14.9 Å². The molecular formula is C10H8ClF3N4O2. The number of carbonyl (C=O) groups excluding carboxylic acids is 1. The van der Waals surface area contributed by atoms with E-state index >= 15 is 0 Å². The molecule has 0 radical (unpaired) electrons. The van der Waals surface area contributed by atoms with Gasteiger partial charge in [-0.15, -0.1) is 0 Å². The summed E-state index contributed by atoms with van der Waals surface area (Å²) in [6, 6.07) is 1.41. The first-order valence-electron chi connectivity index (χ1n) is 5.24. The predicted octanol–water partition coefficient (Wildman–Crippen LogP) is 2.64. The topological polar surface area (TPSA) is 73.0 Å². The monoisotopic (exact) mass is 308 g/mol. The van der Waals surface area contributed by atoms with Crippen LogP contribution in [0.3, 0.4) is 0 Å². The molecular weight excluding hydrogens is 301 g/mol. The Balaban J connectivity index is 2.33. The van der Waals surface area contributed by atoms with Crippen molar-refractivity contribution in [2.24, 2.45) is 7.05 Å². The van der Waals surface area contributed by atoms with E-state index in [4.69, 9.17) is 16.1 Å². The van der Waals surface area contributed by atoms with Crippen molar-refractivity contribution in [1.29, 1.82) is 0 Å². The van der Waals surface area contributed by atoms with Gasteiger partial charge in [0.1, 0.15) is 16.5 Å². The Morgan fingerprint density at radius 1 is 1.50 bits per heavy atom. The fraction of sp³-hybridized carbons (Fsp3) is 0.300. The van der Waals surface area contributed by atoms with E-state index in [2.05, 4.69) is 15.6 Å². The normalized spacial score (nSPS) is 11.7. The summed E-state index contributed by atoms with van der Waals surface area (Å²) in [5.74, 6) is -0.362. The van der Waals surface area contributed by atoms with E-state index in [-0.39, 0.29) is 5.82 Å². The largest absolute Gasteiger partial charge is 0.436 e. The minimum Gasteiger partial charge on any atom is -0.360 e. The molecule has 0 atom stereocenters. The van der Waals surface area contributed by atoms with Gasteiger partial charge in [-0.1, -0.05) is 16.8 Å². The van der Waals surface area contributed by atoms with Gasteiger partial charge in [0.2, 0.25) is 0 Å². The maximum Gasteiger partial charge on any atom is 0.436 e. The molecule has 0 fully saturated rings. The van der Waals surface area contributed by atoms with E-state index in [0.717, 1.165) is 4.68 Å². The van der Waals surface area contributed by atoms with Gasteiger partial charge in [-0.2, -0.15) is 18.3 Å². The Morgan fingerprint density at radius 2 is 2.15 bits per heavy atom. The van der Waals surface area contributed by atoms with Crippen LogP contribution in [0.5, 0.6) is 0 Å². The van der Waals surface area contributed by atoms with Crippen molar-refractivity contribution in [2.45, 2.75) is 13.1 Å². The third-order valence-corrected chi connectivity index (χ3v) is 2.70. The summed E-state index contributed by atoms with van der Waals surface area (Å²) in [6.45, 7) is 1.60. The molecule has 1 N–H and O–H groups in total. The number of alkyl halides is 3. The first-order valence-corrected chi connectivity index (χ1v) is 5.62. The molecule has 0 saturated heterocycles. The molecule has 0 unspecified atom stereocenters. The molecule has 0 saturated carbocycles. The van der Waals surface area contributed by atoms with Gasteiger partial charge in [-0.05, 0) is 6.92 Å². The average Bonchev–Trinajstić information content (AvgIpc) is 2.82. The zero-order chi connectivity index (χ0) is 15.1. The van der Waals surface area contributed by atoms with Crippen LogP contribution in [0.2, 0.25) is 5.02 Å². The number of anilines is 1. The molecule has 20 heavy (non-hydrogen) atoms. The summed E-state index contributed by atoms with van der Waals surface area (Å²) in [5.41, 5.74) is -1.73. The van der Waals surface area contributed by atoms with Crippen molar-refractivity contribution in [3.8, 4) is 0 Å². The predicted molar refractivity (Wildman–Crippen MR) is 62.4 cm³/mol. The Morgan fingerprint density at radius 3 is 2.60 bits per heavy atom. The van der Waals surface area contributed by atoms with Crippen molar-refractivity contribution >= 4 is 23.3 Å². The van der Waals surface area contributed by atoms with Gasteiger partial charge < -0.3 is 9.84 Å². The second-order valence-electron chi connectivity index (χ2n) is 3.91. The minimum atomic E-state index is -4.74. The number of aromatic nitrogens is 3. The molecule has 2 heterocycles. The Hall–Kier alpha value is -2.03. The number of rotatable bonds is 2. The molecule has 10 heteroatoms. The molecule has 0 aromatic carbocycles. The third-order valence-electron chi connectivity index (χ3n) is 2.34.